The van der Waals surface area contributed by atoms with Gasteiger partial charge in [0.05, 0.1) is 13.2 Å². The Kier molecular flexibility index (Phi) is 38.0. The van der Waals surface area contributed by atoms with E-state index < -0.39 is 28.2 Å². The van der Waals surface area contributed by atoms with Gasteiger partial charge in [-0.2, -0.15) is 0 Å². The summed E-state index contributed by atoms with van der Waals surface area (Å²) in [7, 11) is 1.66. The number of hydrogen-bond donors (Lipinski definition) is 2. The van der Waals surface area contributed by atoms with Crippen molar-refractivity contribution in [2.75, 3.05) is 57.1 Å². The molecular weight excluding hydrogens is 831 g/mol. The largest absolute Gasteiger partial charge is 0.465 e. The van der Waals surface area contributed by atoms with E-state index in [1.165, 1.54) is 64.2 Å². The molecule has 0 saturated heterocycles. The van der Waals surface area contributed by atoms with Crippen molar-refractivity contribution in [1.29, 1.82) is 0 Å². The summed E-state index contributed by atoms with van der Waals surface area (Å²) in [6, 6.07) is 0. The molecule has 0 heterocycles. The Balaban J connectivity index is 2.64. The lowest BCUT2D eigenvalue weighted by Crippen LogP contribution is -2.39. The standard InChI is InChI=1S/C55H101N3O8/c1-7-11-15-19-22-28-37-47(38-29-23-20-16-12-8-2)66-48(59)39-30-24-21-26-32-42-58(44-36-41-57-50-49(56-6)51(60)52(50)61)43-33-27-25-31-40-55(5,53(62)64-45-34-17-13-9-3)54(63)65-46-35-18-14-10-4/h47,56-57H,7-46H2,1-6H3. The van der Waals surface area contributed by atoms with Crippen molar-refractivity contribution >= 4 is 29.3 Å². The lowest BCUT2D eigenvalue weighted by molar-refractivity contribution is -0.172. The molecule has 0 saturated carbocycles. The smallest absolute Gasteiger partial charge is 0.323 e. The quantitative estimate of drug-likeness (QED) is 0.0212. The first-order valence-electron chi connectivity index (χ1n) is 27.6. The Morgan fingerprint density at radius 1 is 0.515 bits per heavy atom. The number of carbonyl (C=O) groups is 3. The number of ether oxygens (including phenoxy) is 3. The van der Waals surface area contributed by atoms with Gasteiger partial charge in [0.25, 0.3) is 10.9 Å². The number of nitrogens with zero attached hydrogens (tertiary/aromatic N) is 1. The maximum absolute atomic E-state index is 13.3. The van der Waals surface area contributed by atoms with E-state index in [9.17, 15) is 24.0 Å². The molecule has 0 aliphatic carbocycles. The number of anilines is 2. The Morgan fingerprint density at radius 3 is 1.42 bits per heavy atom. The van der Waals surface area contributed by atoms with Crippen LogP contribution in [0.2, 0.25) is 0 Å². The van der Waals surface area contributed by atoms with E-state index >= 15 is 0 Å². The monoisotopic (exact) mass is 932 g/mol. The van der Waals surface area contributed by atoms with Crippen LogP contribution in [-0.2, 0) is 28.6 Å². The van der Waals surface area contributed by atoms with Crippen molar-refractivity contribution in [2.45, 2.75) is 259 Å². The van der Waals surface area contributed by atoms with E-state index in [0.717, 1.165) is 161 Å². The van der Waals surface area contributed by atoms with Crippen molar-refractivity contribution in [3.63, 3.8) is 0 Å². The van der Waals surface area contributed by atoms with E-state index in [1.807, 2.05) is 0 Å². The first-order chi connectivity index (χ1) is 32.1. The fourth-order valence-corrected chi connectivity index (χ4v) is 8.76. The molecule has 0 aromatic heterocycles. The molecule has 11 heteroatoms. The van der Waals surface area contributed by atoms with Crippen molar-refractivity contribution in [3.8, 4) is 0 Å². The predicted molar refractivity (Wildman–Crippen MR) is 275 cm³/mol. The van der Waals surface area contributed by atoms with Crippen LogP contribution in [0.15, 0.2) is 9.59 Å². The molecule has 1 aromatic carbocycles. The highest BCUT2D eigenvalue weighted by Gasteiger charge is 2.43. The second kappa shape index (κ2) is 41.1. The Bertz CT molecular complexity index is 1380. The van der Waals surface area contributed by atoms with Crippen LogP contribution >= 0.6 is 0 Å². The average molecular weight is 932 g/mol. The van der Waals surface area contributed by atoms with Crippen molar-refractivity contribution in [1.82, 2.24) is 4.90 Å². The molecule has 0 aliphatic rings. The molecular formula is C55H101N3O8. The Morgan fingerprint density at radius 2 is 0.924 bits per heavy atom. The number of unbranched alkanes of at least 4 members (excludes halogenated alkanes) is 23. The molecule has 66 heavy (non-hydrogen) atoms. The zero-order valence-corrected chi connectivity index (χ0v) is 43.6. The summed E-state index contributed by atoms with van der Waals surface area (Å²) < 4.78 is 17.4. The van der Waals surface area contributed by atoms with Crippen LogP contribution in [0.1, 0.15) is 253 Å². The van der Waals surface area contributed by atoms with Gasteiger partial charge in [0.15, 0.2) is 5.41 Å². The summed E-state index contributed by atoms with van der Waals surface area (Å²) in [4.78, 5) is 66.0. The van der Waals surface area contributed by atoms with Crippen molar-refractivity contribution < 1.29 is 28.6 Å². The minimum Gasteiger partial charge on any atom is -0.465 e. The Hall–Kier alpha value is -2.95. The minimum atomic E-state index is -1.30. The van der Waals surface area contributed by atoms with Crippen LogP contribution in [0.3, 0.4) is 0 Å². The summed E-state index contributed by atoms with van der Waals surface area (Å²) in [6.07, 6.45) is 35.6. The van der Waals surface area contributed by atoms with Gasteiger partial charge in [0.2, 0.25) is 0 Å². The molecule has 384 valence electrons. The number of nitrogens with one attached hydrogen (secondary N) is 2. The maximum atomic E-state index is 13.3. The third-order valence-electron chi connectivity index (χ3n) is 13.3. The summed E-state index contributed by atoms with van der Waals surface area (Å²) in [5, 5.41) is 6.00. The lowest BCUT2D eigenvalue weighted by atomic mass is 9.84. The van der Waals surface area contributed by atoms with E-state index in [2.05, 4.69) is 43.2 Å². The van der Waals surface area contributed by atoms with Gasteiger partial charge >= 0.3 is 17.9 Å². The van der Waals surface area contributed by atoms with Gasteiger partial charge in [0, 0.05) is 20.0 Å². The molecule has 0 unspecified atom stereocenters. The number of carbonyl (C=O) groups excluding carboxylic acids is 3. The molecule has 2 N–H and O–H groups in total. The van der Waals surface area contributed by atoms with Crippen molar-refractivity contribution in [2.24, 2.45) is 5.41 Å². The van der Waals surface area contributed by atoms with Gasteiger partial charge in [-0.3, -0.25) is 24.0 Å². The molecule has 0 radical (unpaired) electrons. The van der Waals surface area contributed by atoms with Gasteiger partial charge in [-0.15, -0.1) is 0 Å². The van der Waals surface area contributed by atoms with E-state index in [0.29, 0.717) is 44.0 Å². The molecule has 11 nitrogen and oxygen atoms in total. The van der Waals surface area contributed by atoms with Gasteiger partial charge in [0.1, 0.15) is 17.5 Å². The molecule has 0 bridgehead atoms. The SMILES string of the molecule is CCCCCCCCC(CCCCCCCC)OC(=O)CCCCCCCN(CCCCCCC(C)(C(=O)OCCCCCC)C(=O)OCCCCCC)CCCNc1c(NC)c(=O)c1=O. The van der Waals surface area contributed by atoms with E-state index in [4.69, 9.17) is 14.2 Å². The van der Waals surface area contributed by atoms with Gasteiger partial charge in [-0.25, -0.2) is 0 Å². The number of esters is 3. The van der Waals surface area contributed by atoms with Crippen LogP contribution in [0.4, 0.5) is 11.4 Å². The van der Waals surface area contributed by atoms with Gasteiger partial charge in [-0.1, -0.05) is 169 Å². The molecule has 0 fully saturated rings. The fraction of sp³-hybridized carbons (Fsp3) is 0.873. The maximum Gasteiger partial charge on any atom is 0.323 e. The van der Waals surface area contributed by atoms with Gasteiger partial charge in [-0.05, 0) is 97.2 Å². The highest BCUT2D eigenvalue weighted by Crippen LogP contribution is 2.29. The second-order valence-electron chi connectivity index (χ2n) is 19.4. The first kappa shape index (κ1) is 61.1. The molecule has 0 aliphatic heterocycles. The minimum absolute atomic E-state index is 0.0255. The normalized spacial score (nSPS) is 11.8. The summed E-state index contributed by atoms with van der Waals surface area (Å²) in [6.45, 7) is 14.5. The topological polar surface area (TPSA) is 140 Å². The van der Waals surface area contributed by atoms with E-state index in [-0.39, 0.29) is 12.1 Å². The van der Waals surface area contributed by atoms with Crippen LogP contribution in [0.5, 0.6) is 0 Å². The second-order valence-corrected chi connectivity index (χ2v) is 19.4. The number of rotatable bonds is 48. The van der Waals surface area contributed by atoms with Crippen LogP contribution in [0, 0.1) is 5.41 Å². The molecule has 0 amide bonds. The zero-order chi connectivity index (χ0) is 48.5. The summed E-state index contributed by atoms with van der Waals surface area (Å²) in [5.74, 6) is -0.953. The number of hydrogen-bond acceptors (Lipinski definition) is 11. The van der Waals surface area contributed by atoms with Crippen molar-refractivity contribution in [3.05, 3.63) is 20.4 Å². The van der Waals surface area contributed by atoms with Crippen LogP contribution in [0.25, 0.3) is 0 Å². The first-order valence-corrected chi connectivity index (χ1v) is 27.6. The summed E-state index contributed by atoms with van der Waals surface area (Å²) >= 11 is 0. The molecule has 0 atom stereocenters. The fourth-order valence-electron chi connectivity index (χ4n) is 8.76. The third-order valence-corrected chi connectivity index (χ3v) is 13.3. The highest BCUT2D eigenvalue weighted by atomic mass is 16.6. The zero-order valence-electron chi connectivity index (χ0n) is 43.6. The highest BCUT2D eigenvalue weighted by molar-refractivity contribution is 5.99. The average Bonchev–Trinajstić information content (AvgIpc) is 3.31. The Labute approximate surface area is 403 Å². The van der Waals surface area contributed by atoms with Crippen LogP contribution in [-0.4, -0.2) is 75.4 Å². The van der Waals surface area contributed by atoms with Crippen LogP contribution < -0.4 is 21.5 Å². The summed E-state index contributed by atoms with van der Waals surface area (Å²) in [5.41, 5.74) is -1.47. The van der Waals surface area contributed by atoms with Gasteiger partial charge < -0.3 is 29.7 Å². The molecule has 0 spiro atoms. The third kappa shape index (κ3) is 28.4. The molecule has 1 rings (SSSR count). The lowest BCUT2D eigenvalue weighted by Gasteiger charge is -2.26. The molecule has 1 aromatic rings. The predicted octanol–water partition coefficient (Wildman–Crippen LogP) is 13.4. The van der Waals surface area contributed by atoms with E-state index in [1.54, 1.807) is 14.0 Å².